The fraction of sp³-hybridized carbons (Fsp3) is 0.925. The first-order valence-corrected chi connectivity index (χ1v) is 27.4. The summed E-state index contributed by atoms with van der Waals surface area (Å²) in [6.45, 7) is 13.1. The Labute approximate surface area is 443 Å². The highest BCUT2D eigenvalue weighted by Crippen LogP contribution is 2.67. The maximum Gasteiger partial charge on any atom is 0.302 e. The van der Waals surface area contributed by atoms with E-state index in [0.29, 0.717) is 44.4 Å². The molecule has 4 saturated heterocycles. The second kappa shape index (κ2) is 23.9. The zero-order chi connectivity index (χ0) is 55.6. The fourth-order valence-electron chi connectivity index (χ4n) is 14.3. The summed E-state index contributed by atoms with van der Waals surface area (Å²) in [7, 11) is 0. The molecule has 7 fully saturated rings. The molecule has 8 rings (SSSR count). The van der Waals surface area contributed by atoms with Crippen molar-refractivity contribution in [3.8, 4) is 0 Å². The minimum absolute atomic E-state index is 0.0219. The van der Waals surface area contributed by atoms with E-state index in [0.717, 1.165) is 12.0 Å². The third kappa shape index (κ3) is 11.4. The van der Waals surface area contributed by atoms with Gasteiger partial charge in [-0.3, -0.25) is 9.59 Å². The Bertz CT molecular complexity index is 2010. The predicted octanol–water partition coefficient (Wildman–Crippen LogP) is -1.57. The van der Waals surface area contributed by atoms with Crippen LogP contribution >= 0.6 is 0 Å². The first-order chi connectivity index (χ1) is 35.7. The van der Waals surface area contributed by atoms with E-state index in [1.807, 2.05) is 13.8 Å². The third-order valence-electron chi connectivity index (χ3n) is 19.0. The minimum atomic E-state index is -1.80. The van der Waals surface area contributed by atoms with Crippen LogP contribution in [-0.2, 0) is 52.2 Å². The molecular formula is C53H86O23. The smallest absolute Gasteiger partial charge is 0.302 e. The van der Waals surface area contributed by atoms with Gasteiger partial charge >= 0.3 is 5.97 Å². The highest BCUT2D eigenvalue weighted by Gasteiger charge is 2.67. The number of hydrogen-bond acceptors (Lipinski definition) is 23. The van der Waals surface area contributed by atoms with Crippen molar-refractivity contribution in [2.75, 3.05) is 13.2 Å². The molecule has 436 valence electrons. The quantitative estimate of drug-likeness (QED) is 0.0614. The number of carbonyl (C=O) groups excluding carboxylic acids is 2. The van der Waals surface area contributed by atoms with E-state index < -0.39 is 183 Å². The molecule has 0 amide bonds. The second-order valence-electron chi connectivity index (χ2n) is 24.1. The first kappa shape index (κ1) is 60.2. The van der Waals surface area contributed by atoms with Crippen LogP contribution in [0.1, 0.15) is 107 Å². The van der Waals surface area contributed by atoms with Gasteiger partial charge in [-0.05, 0) is 93.8 Å². The molecule has 0 aromatic heterocycles. The summed E-state index contributed by atoms with van der Waals surface area (Å²) < 4.78 is 54.3. The van der Waals surface area contributed by atoms with Gasteiger partial charge in [0.2, 0.25) is 0 Å². The molecule has 3 saturated carbocycles. The van der Waals surface area contributed by atoms with Crippen molar-refractivity contribution >= 4 is 11.8 Å². The minimum Gasteiger partial charge on any atom is -0.463 e. The lowest BCUT2D eigenvalue weighted by Gasteiger charge is -2.58. The molecule has 0 aromatic carbocycles. The number of aliphatic hydroxyl groups excluding tert-OH is 12. The normalized spacial score (nSPS) is 50.5. The number of carbonyl (C=O) groups is 2. The first-order valence-electron chi connectivity index (χ1n) is 27.4. The Morgan fingerprint density at radius 1 is 0.684 bits per heavy atom. The van der Waals surface area contributed by atoms with Crippen LogP contribution in [0.15, 0.2) is 11.6 Å². The molecule has 8 aliphatic rings. The van der Waals surface area contributed by atoms with E-state index in [1.54, 1.807) is 0 Å². The molecule has 12 N–H and O–H groups in total. The van der Waals surface area contributed by atoms with Crippen molar-refractivity contribution in [2.24, 2.45) is 46.3 Å². The van der Waals surface area contributed by atoms with Crippen LogP contribution in [0.2, 0.25) is 0 Å². The van der Waals surface area contributed by atoms with Crippen molar-refractivity contribution in [1.29, 1.82) is 0 Å². The molecule has 0 spiro atoms. The number of rotatable bonds is 16. The Morgan fingerprint density at radius 3 is 1.83 bits per heavy atom. The molecule has 0 unspecified atom stereocenters. The maximum absolute atomic E-state index is 15.2. The van der Waals surface area contributed by atoms with E-state index in [9.17, 15) is 66.1 Å². The van der Waals surface area contributed by atoms with Crippen LogP contribution in [0, 0.1) is 46.3 Å². The van der Waals surface area contributed by atoms with Crippen LogP contribution in [0.4, 0.5) is 0 Å². The topological polar surface area (TPSA) is 360 Å². The highest BCUT2D eigenvalue weighted by atomic mass is 16.8. The van der Waals surface area contributed by atoms with Crippen LogP contribution in [0.5, 0.6) is 0 Å². The van der Waals surface area contributed by atoms with E-state index in [2.05, 4.69) is 26.8 Å². The molecule has 30 atom stereocenters. The number of fused-ring (bicyclic) bond motifs is 5. The van der Waals surface area contributed by atoms with Gasteiger partial charge in [0.25, 0.3) is 0 Å². The predicted molar refractivity (Wildman–Crippen MR) is 259 cm³/mol. The number of esters is 1. The third-order valence-corrected chi connectivity index (χ3v) is 19.0. The Kier molecular flexibility index (Phi) is 18.9. The van der Waals surface area contributed by atoms with Crippen molar-refractivity contribution in [1.82, 2.24) is 0 Å². The lowest BCUT2D eigenvalue weighted by Crippen LogP contribution is -2.66. The molecule has 4 heterocycles. The van der Waals surface area contributed by atoms with Gasteiger partial charge in [0, 0.05) is 24.7 Å². The van der Waals surface area contributed by atoms with Crippen LogP contribution in [-0.4, -0.2) is 227 Å². The van der Waals surface area contributed by atoms with Gasteiger partial charge in [-0.25, -0.2) is 0 Å². The summed E-state index contributed by atoms with van der Waals surface area (Å²) in [4.78, 5) is 26.9. The van der Waals surface area contributed by atoms with Crippen molar-refractivity contribution in [3.63, 3.8) is 0 Å². The summed E-state index contributed by atoms with van der Waals surface area (Å²) in [5, 5.41) is 131. The number of Topliss-reactive ketones (excluding diaryl/α,β-unsaturated/α-hetero) is 1. The summed E-state index contributed by atoms with van der Waals surface area (Å²) >= 11 is 0. The number of allylic oxidation sites excluding steroid dienone is 1. The molecule has 0 bridgehead atoms. The SMILES string of the molecule is CC(=O)OC[C@@H]1O[C@@H](O[C@H]2C[C@H]3[C@H]4CC=C5C[C@@H](O[C@@H]6O[C@@H](CO)[C@H](O[C@@H]7O[C@@H](C)[C@@H](O)[C@H](O)[C@@H]7O)[C@@H](O)[C@H]6O[C@H]6O[C@H](C)[C@@H](O)[C@H](O)[C@H]6O)CC[C@@]5(C)[C@H]4CC(=O)[C@@]3(C)[C@@H]2[C@H](C)[C@@H](O)CCC(C)C)[C@H](O)[C@@H](O)[C@@H]1O. The van der Waals surface area contributed by atoms with Gasteiger partial charge < -0.3 is 104 Å². The lowest BCUT2D eigenvalue weighted by molar-refractivity contribution is -0.388. The number of aliphatic hydroxyl groups is 12. The van der Waals surface area contributed by atoms with Gasteiger partial charge in [-0.15, -0.1) is 0 Å². The maximum atomic E-state index is 15.2. The van der Waals surface area contributed by atoms with E-state index >= 15 is 4.79 Å². The Morgan fingerprint density at radius 2 is 1.25 bits per heavy atom. The summed E-state index contributed by atoms with van der Waals surface area (Å²) in [6.07, 6.45) is -26.8. The fourth-order valence-corrected chi connectivity index (χ4v) is 14.3. The van der Waals surface area contributed by atoms with E-state index in [4.69, 9.17) is 42.6 Å². The van der Waals surface area contributed by atoms with Gasteiger partial charge in [-0.2, -0.15) is 0 Å². The zero-order valence-electron chi connectivity index (χ0n) is 44.7. The summed E-state index contributed by atoms with van der Waals surface area (Å²) in [6, 6.07) is 0. The van der Waals surface area contributed by atoms with E-state index in [1.165, 1.54) is 20.8 Å². The lowest BCUT2D eigenvalue weighted by atomic mass is 9.46. The largest absolute Gasteiger partial charge is 0.463 e. The van der Waals surface area contributed by atoms with Crippen LogP contribution in [0.25, 0.3) is 0 Å². The second-order valence-corrected chi connectivity index (χ2v) is 24.1. The van der Waals surface area contributed by atoms with Gasteiger partial charge in [0.1, 0.15) is 97.8 Å². The molecule has 0 radical (unpaired) electrons. The summed E-state index contributed by atoms with van der Waals surface area (Å²) in [5.74, 6) is -1.70. The van der Waals surface area contributed by atoms with Gasteiger partial charge in [0.05, 0.1) is 37.1 Å². The number of ether oxygens (including phenoxy) is 9. The molecule has 4 aliphatic heterocycles. The molecule has 76 heavy (non-hydrogen) atoms. The molecule has 23 heteroatoms. The van der Waals surface area contributed by atoms with Gasteiger partial charge in [-0.1, -0.05) is 46.3 Å². The number of ketones is 1. The standard InChI is InChI=1S/C53H86O23/c1-20(2)9-12-30(56)21(3)35-31(72-50-44(66)41(63)38(60)33(74-50)19-68-24(6)55)16-29-27-11-10-25-15-26(13-14-52(25,7)28(27)17-34(57)53(29,35)8)71-51-47(76-49-43(65)40(62)37(59)23(5)70-49)45(67)46(32(18-54)73-51)75-48-42(64)39(61)36(58)22(4)69-48/h10,20-23,26-33,35-51,54,56,58-67H,9,11-19H2,1-8H3/t21-,22+,23-,26+,27+,28+,29+,30+,31+,32+,33+,35-,36-,37-,38-,39+,40+,41+,42+,43-,44-,45-,46+,47-,48+,49-,50-,51-,52-,53+/m1/s1. The molecular weight excluding hydrogens is 1000 g/mol. The average Bonchev–Trinajstić information content (AvgIpc) is 3.70. The summed E-state index contributed by atoms with van der Waals surface area (Å²) in [5.41, 5.74) is -0.445. The monoisotopic (exact) mass is 1090 g/mol. The molecule has 23 nitrogen and oxygen atoms in total. The van der Waals surface area contributed by atoms with Crippen molar-refractivity contribution in [2.45, 2.75) is 248 Å². The van der Waals surface area contributed by atoms with Crippen LogP contribution < -0.4 is 0 Å². The Hall–Kier alpha value is -1.92. The highest BCUT2D eigenvalue weighted by molar-refractivity contribution is 5.87. The molecule has 0 aromatic rings. The average molecular weight is 1090 g/mol. The van der Waals surface area contributed by atoms with E-state index in [-0.39, 0.29) is 30.0 Å². The zero-order valence-corrected chi connectivity index (χ0v) is 44.7. The van der Waals surface area contributed by atoms with Crippen LogP contribution in [0.3, 0.4) is 0 Å². The number of hydrogen-bond donors (Lipinski definition) is 12. The Balaban J connectivity index is 1.04. The van der Waals surface area contributed by atoms with Crippen molar-refractivity contribution < 1.29 is 113 Å². The van der Waals surface area contributed by atoms with Crippen molar-refractivity contribution in [3.05, 3.63) is 11.6 Å². The van der Waals surface area contributed by atoms with Gasteiger partial charge in [0.15, 0.2) is 25.2 Å². The molecule has 4 aliphatic carbocycles.